The predicted octanol–water partition coefficient (Wildman–Crippen LogP) is 2.38. The summed E-state index contributed by atoms with van der Waals surface area (Å²) in [5, 5.41) is 12.3. The van der Waals surface area contributed by atoms with Crippen LogP contribution in [0.1, 0.15) is 29.6 Å². The minimum absolute atomic E-state index is 0.00267. The molecule has 1 heterocycles. The van der Waals surface area contributed by atoms with E-state index in [1.807, 2.05) is 17.1 Å². The summed E-state index contributed by atoms with van der Waals surface area (Å²) in [7, 11) is 0. The molecule has 2 amide bonds. The van der Waals surface area contributed by atoms with Crippen molar-refractivity contribution in [1.82, 2.24) is 4.90 Å². The number of allylic oxidation sites excluding steroid dienone is 2. The smallest absolute Gasteiger partial charge is 0.307 e. The second kappa shape index (κ2) is 6.59. The van der Waals surface area contributed by atoms with Crippen LogP contribution in [0, 0.1) is 23.7 Å². The standard InChI is InChI=1S/C20H22N2O4/c23-18(16-13-3-4-14(11-13)17(16)20(25)26)21-15-7-5-12(6-8-15)19(24)22-9-1-2-10-22/h3-8,13-14,16-17H,1-2,9-11H2,(H,21,23)(H,25,26)/t13-,14-,16-,17+/m0/s1. The fourth-order valence-electron chi connectivity index (χ4n) is 4.54. The number of anilines is 1. The molecule has 1 saturated heterocycles. The van der Waals surface area contributed by atoms with Crippen molar-refractivity contribution in [1.29, 1.82) is 0 Å². The number of nitrogens with one attached hydrogen (secondary N) is 1. The Morgan fingerprint density at radius 1 is 0.962 bits per heavy atom. The van der Waals surface area contributed by atoms with Crippen LogP contribution < -0.4 is 5.32 Å². The molecule has 0 spiro atoms. The summed E-state index contributed by atoms with van der Waals surface area (Å²) < 4.78 is 0. The maximum Gasteiger partial charge on any atom is 0.307 e. The van der Waals surface area contributed by atoms with E-state index in [9.17, 15) is 19.5 Å². The molecule has 2 bridgehead atoms. The monoisotopic (exact) mass is 354 g/mol. The van der Waals surface area contributed by atoms with Crippen LogP contribution in [0.15, 0.2) is 36.4 Å². The molecule has 4 atom stereocenters. The van der Waals surface area contributed by atoms with Gasteiger partial charge in [-0.15, -0.1) is 0 Å². The zero-order chi connectivity index (χ0) is 18.3. The van der Waals surface area contributed by atoms with Gasteiger partial charge < -0.3 is 15.3 Å². The number of hydrogen-bond donors (Lipinski definition) is 2. The van der Waals surface area contributed by atoms with Gasteiger partial charge in [-0.05, 0) is 55.4 Å². The molecular formula is C20H22N2O4. The van der Waals surface area contributed by atoms with Gasteiger partial charge in [0.25, 0.3) is 5.91 Å². The Labute approximate surface area is 151 Å². The van der Waals surface area contributed by atoms with Gasteiger partial charge in [0.1, 0.15) is 0 Å². The maximum atomic E-state index is 12.7. The lowest BCUT2D eigenvalue weighted by atomic mass is 9.82. The molecule has 2 N–H and O–H groups in total. The van der Waals surface area contributed by atoms with Gasteiger partial charge in [-0.3, -0.25) is 14.4 Å². The van der Waals surface area contributed by atoms with E-state index in [1.165, 1.54) is 0 Å². The number of carbonyl (C=O) groups is 3. The van der Waals surface area contributed by atoms with Crippen LogP contribution in [0.2, 0.25) is 0 Å². The third kappa shape index (κ3) is 2.89. The van der Waals surface area contributed by atoms with Crippen molar-refractivity contribution in [2.75, 3.05) is 18.4 Å². The number of fused-ring (bicyclic) bond motifs is 2. The molecule has 1 aliphatic heterocycles. The van der Waals surface area contributed by atoms with Crippen molar-refractivity contribution < 1.29 is 19.5 Å². The molecule has 0 radical (unpaired) electrons. The number of carboxylic acids is 1. The third-order valence-corrected chi connectivity index (χ3v) is 5.84. The first-order valence-electron chi connectivity index (χ1n) is 9.16. The Bertz CT molecular complexity index is 765. The van der Waals surface area contributed by atoms with Crippen molar-refractivity contribution in [3.63, 3.8) is 0 Å². The van der Waals surface area contributed by atoms with Crippen LogP contribution in [-0.2, 0) is 9.59 Å². The number of carboxylic acid groups (broad SMARTS) is 1. The van der Waals surface area contributed by atoms with E-state index in [1.54, 1.807) is 24.3 Å². The van der Waals surface area contributed by atoms with Gasteiger partial charge in [0.05, 0.1) is 11.8 Å². The van der Waals surface area contributed by atoms with Gasteiger partial charge in [0.2, 0.25) is 5.91 Å². The van der Waals surface area contributed by atoms with Gasteiger partial charge in [-0.25, -0.2) is 0 Å². The number of aliphatic carboxylic acids is 1. The van der Waals surface area contributed by atoms with Gasteiger partial charge >= 0.3 is 5.97 Å². The highest BCUT2D eigenvalue weighted by atomic mass is 16.4. The summed E-state index contributed by atoms with van der Waals surface area (Å²) in [6.07, 6.45) is 6.71. The van der Waals surface area contributed by atoms with Crippen molar-refractivity contribution in [3.8, 4) is 0 Å². The van der Waals surface area contributed by atoms with Crippen molar-refractivity contribution in [3.05, 3.63) is 42.0 Å². The van der Waals surface area contributed by atoms with Crippen LogP contribution in [0.3, 0.4) is 0 Å². The molecule has 1 saturated carbocycles. The van der Waals surface area contributed by atoms with E-state index in [0.29, 0.717) is 11.3 Å². The Kier molecular flexibility index (Phi) is 4.26. The van der Waals surface area contributed by atoms with Gasteiger partial charge in [-0.1, -0.05) is 12.2 Å². The van der Waals surface area contributed by atoms with Crippen LogP contribution >= 0.6 is 0 Å². The van der Waals surface area contributed by atoms with Crippen molar-refractivity contribution in [2.24, 2.45) is 23.7 Å². The first kappa shape index (κ1) is 16.8. The fourth-order valence-corrected chi connectivity index (χ4v) is 4.54. The highest BCUT2D eigenvalue weighted by Crippen LogP contribution is 2.48. The lowest BCUT2D eigenvalue weighted by Gasteiger charge is -2.24. The minimum atomic E-state index is -0.909. The van der Waals surface area contributed by atoms with Crippen LogP contribution in [0.25, 0.3) is 0 Å². The summed E-state index contributed by atoms with van der Waals surface area (Å²) in [6.45, 7) is 1.59. The molecule has 6 heteroatoms. The number of carbonyl (C=O) groups excluding carboxylic acids is 2. The molecule has 3 aliphatic rings. The molecular weight excluding hydrogens is 332 g/mol. The number of benzene rings is 1. The molecule has 2 aliphatic carbocycles. The van der Waals surface area contributed by atoms with Crippen LogP contribution in [-0.4, -0.2) is 40.9 Å². The third-order valence-electron chi connectivity index (χ3n) is 5.84. The second-order valence-electron chi connectivity index (χ2n) is 7.40. The lowest BCUT2D eigenvalue weighted by molar-refractivity contribution is -0.146. The van der Waals surface area contributed by atoms with E-state index in [2.05, 4.69) is 5.32 Å². The Morgan fingerprint density at radius 2 is 1.58 bits per heavy atom. The van der Waals surface area contributed by atoms with E-state index in [-0.39, 0.29) is 23.7 Å². The minimum Gasteiger partial charge on any atom is -0.481 e. The average molecular weight is 354 g/mol. The topological polar surface area (TPSA) is 86.7 Å². The molecule has 1 aromatic rings. The first-order chi connectivity index (χ1) is 12.5. The molecule has 1 aromatic carbocycles. The Hall–Kier alpha value is -2.63. The van der Waals surface area contributed by atoms with Crippen LogP contribution in [0.4, 0.5) is 5.69 Å². The number of hydrogen-bond acceptors (Lipinski definition) is 3. The normalized spacial score (nSPS) is 29.2. The van der Waals surface area contributed by atoms with Crippen molar-refractivity contribution >= 4 is 23.5 Å². The highest BCUT2D eigenvalue weighted by Gasteiger charge is 2.51. The molecule has 0 aromatic heterocycles. The van der Waals surface area contributed by atoms with Crippen LogP contribution in [0.5, 0.6) is 0 Å². The Balaban J connectivity index is 1.44. The first-order valence-corrected chi connectivity index (χ1v) is 9.16. The predicted molar refractivity (Wildman–Crippen MR) is 95.6 cm³/mol. The van der Waals surface area contributed by atoms with Crippen molar-refractivity contribution in [2.45, 2.75) is 19.3 Å². The molecule has 0 unspecified atom stereocenters. The molecule has 26 heavy (non-hydrogen) atoms. The molecule has 6 nitrogen and oxygen atoms in total. The number of likely N-dealkylation sites (tertiary alicyclic amines) is 1. The largest absolute Gasteiger partial charge is 0.481 e. The summed E-state index contributed by atoms with van der Waals surface area (Å²) in [5.74, 6) is -2.38. The summed E-state index contributed by atoms with van der Waals surface area (Å²) in [5.41, 5.74) is 1.19. The lowest BCUT2D eigenvalue weighted by Crippen LogP contribution is -2.36. The number of rotatable bonds is 4. The van der Waals surface area contributed by atoms with E-state index < -0.39 is 17.8 Å². The summed E-state index contributed by atoms with van der Waals surface area (Å²) in [6, 6.07) is 6.84. The van der Waals surface area contributed by atoms with E-state index in [4.69, 9.17) is 0 Å². The average Bonchev–Trinajstić information content (AvgIpc) is 3.37. The maximum absolute atomic E-state index is 12.7. The summed E-state index contributed by atoms with van der Waals surface area (Å²) >= 11 is 0. The zero-order valence-corrected chi connectivity index (χ0v) is 14.4. The fraction of sp³-hybridized carbons (Fsp3) is 0.450. The SMILES string of the molecule is O=C(Nc1ccc(C(=O)N2CCCC2)cc1)[C@@H]1[C@H](C(=O)O)[C@H]2C=C[C@H]1C2. The van der Waals surface area contributed by atoms with Gasteiger partial charge in [-0.2, -0.15) is 0 Å². The molecule has 136 valence electrons. The van der Waals surface area contributed by atoms with E-state index in [0.717, 1.165) is 32.4 Å². The summed E-state index contributed by atoms with van der Waals surface area (Å²) in [4.78, 5) is 38.4. The van der Waals surface area contributed by atoms with Gasteiger partial charge in [0.15, 0.2) is 0 Å². The second-order valence-corrected chi connectivity index (χ2v) is 7.40. The number of amides is 2. The molecule has 4 rings (SSSR count). The number of nitrogens with zero attached hydrogens (tertiary/aromatic N) is 1. The molecule has 2 fully saturated rings. The quantitative estimate of drug-likeness (QED) is 0.813. The zero-order valence-electron chi connectivity index (χ0n) is 14.4. The Morgan fingerprint density at radius 3 is 2.19 bits per heavy atom. The van der Waals surface area contributed by atoms with E-state index >= 15 is 0 Å². The highest BCUT2D eigenvalue weighted by molar-refractivity contribution is 5.98. The van der Waals surface area contributed by atoms with Gasteiger partial charge in [0, 0.05) is 24.3 Å².